The number of nitrogens with zero attached hydrogens (tertiary/aromatic N) is 3. The highest BCUT2D eigenvalue weighted by Gasteiger charge is 2.36. The molecule has 49 heavy (non-hydrogen) atoms. The van der Waals surface area contributed by atoms with Gasteiger partial charge in [0, 0.05) is 37.3 Å². The summed E-state index contributed by atoms with van der Waals surface area (Å²) in [4.78, 5) is 5.81. The topological polar surface area (TPSA) is 51.5 Å². The molecule has 0 aliphatic heterocycles. The number of benzene rings is 4. The fourth-order valence-electron chi connectivity index (χ4n) is 6.80. The number of hydrogen-bond acceptors (Lipinski definition) is 6. The van der Waals surface area contributed by atoms with Crippen molar-refractivity contribution in [2.24, 2.45) is 18.9 Å². The van der Waals surface area contributed by atoms with Crippen molar-refractivity contribution in [3.8, 4) is 11.5 Å². The van der Waals surface area contributed by atoms with Crippen LogP contribution in [0, 0.1) is 18.8 Å². The van der Waals surface area contributed by atoms with Crippen LogP contribution in [0.5, 0.6) is 11.5 Å². The quantitative estimate of drug-likeness (QED) is 0.140. The first-order valence-electron chi connectivity index (χ1n) is 16.6. The van der Waals surface area contributed by atoms with E-state index >= 15 is 0 Å². The molecule has 6 rings (SSSR count). The van der Waals surface area contributed by atoms with Crippen molar-refractivity contribution < 1.29 is 22.6 Å². The highest BCUT2D eigenvalue weighted by atomic mass is 32.2. The number of aromatic nitrogens is 2. The number of halogens is 3. The SMILES string of the molecule is COc1ccc(CN[C@@H]2CC(COc3ccc(C(F)(F)F)cc3)[C@H](C)C(c3ccc(N(C)Sc4ccc5c(c4)nc(C)n5C)cc3)C2)cc1. The minimum absolute atomic E-state index is 0.206. The summed E-state index contributed by atoms with van der Waals surface area (Å²) < 4.78 is 55.0. The van der Waals surface area contributed by atoms with Gasteiger partial charge in [-0.3, -0.25) is 0 Å². The van der Waals surface area contributed by atoms with Gasteiger partial charge in [0.25, 0.3) is 0 Å². The lowest BCUT2D eigenvalue weighted by Crippen LogP contribution is -2.42. The van der Waals surface area contributed by atoms with Crippen molar-refractivity contribution in [2.75, 3.05) is 25.1 Å². The molecule has 0 spiro atoms. The average Bonchev–Trinajstić information content (AvgIpc) is 3.38. The van der Waals surface area contributed by atoms with Crippen LogP contribution in [0.25, 0.3) is 11.0 Å². The Morgan fingerprint density at radius 2 is 1.63 bits per heavy atom. The first kappa shape index (κ1) is 34.7. The lowest BCUT2D eigenvalue weighted by molar-refractivity contribution is -0.137. The smallest absolute Gasteiger partial charge is 0.416 e. The zero-order valence-corrected chi connectivity index (χ0v) is 29.3. The molecule has 2 unspecified atom stereocenters. The Bertz CT molecular complexity index is 1840. The van der Waals surface area contributed by atoms with Crippen LogP contribution in [0.2, 0.25) is 0 Å². The predicted molar refractivity (Wildman–Crippen MR) is 191 cm³/mol. The van der Waals surface area contributed by atoms with Gasteiger partial charge in [-0.15, -0.1) is 0 Å². The third-order valence-corrected chi connectivity index (χ3v) is 10.9. The normalized spacial score (nSPS) is 19.6. The molecule has 1 aliphatic carbocycles. The molecule has 1 saturated carbocycles. The number of fused-ring (bicyclic) bond motifs is 1. The highest BCUT2D eigenvalue weighted by Crippen LogP contribution is 2.43. The van der Waals surface area contributed by atoms with E-state index in [1.165, 1.54) is 23.3 Å². The predicted octanol–water partition coefficient (Wildman–Crippen LogP) is 9.42. The van der Waals surface area contributed by atoms with E-state index in [4.69, 9.17) is 9.47 Å². The summed E-state index contributed by atoms with van der Waals surface area (Å²) in [6.45, 7) is 5.45. The number of alkyl halides is 3. The summed E-state index contributed by atoms with van der Waals surface area (Å²) in [5, 5.41) is 3.78. The summed E-state index contributed by atoms with van der Waals surface area (Å²) in [6.07, 6.45) is -2.49. The number of aryl methyl sites for hydroxylation is 2. The van der Waals surface area contributed by atoms with Crippen LogP contribution >= 0.6 is 11.9 Å². The number of anilines is 1. The number of rotatable bonds is 11. The van der Waals surface area contributed by atoms with E-state index in [0.29, 0.717) is 18.3 Å². The fraction of sp³-hybridized carbons (Fsp3) is 0.359. The number of imidazole rings is 1. The lowest BCUT2D eigenvalue weighted by Gasteiger charge is -2.41. The zero-order valence-electron chi connectivity index (χ0n) is 28.5. The Hall–Kier alpha value is -4.15. The lowest BCUT2D eigenvalue weighted by atomic mass is 9.68. The summed E-state index contributed by atoms with van der Waals surface area (Å²) in [5.41, 5.74) is 4.99. The molecular formula is C39H43F3N4O2S. The number of methoxy groups -OCH3 is 1. The molecule has 0 radical (unpaired) electrons. The Balaban J connectivity index is 1.16. The first-order valence-corrected chi connectivity index (χ1v) is 17.4. The minimum Gasteiger partial charge on any atom is -0.497 e. The number of nitrogens with one attached hydrogen (secondary N) is 1. The molecule has 1 N–H and O–H groups in total. The molecule has 1 aliphatic rings. The fourth-order valence-corrected chi connectivity index (χ4v) is 7.64. The van der Waals surface area contributed by atoms with Crippen molar-refractivity contribution in [1.82, 2.24) is 14.9 Å². The van der Waals surface area contributed by atoms with Crippen LogP contribution in [0.4, 0.5) is 18.9 Å². The monoisotopic (exact) mass is 688 g/mol. The van der Waals surface area contributed by atoms with E-state index < -0.39 is 11.7 Å². The van der Waals surface area contributed by atoms with Crippen LogP contribution < -0.4 is 19.1 Å². The van der Waals surface area contributed by atoms with Gasteiger partial charge in [0.1, 0.15) is 17.3 Å². The molecule has 0 amide bonds. The zero-order chi connectivity index (χ0) is 34.7. The Kier molecular flexibility index (Phi) is 10.5. The van der Waals surface area contributed by atoms with Crippen LogP contribution in [0.15, 0.2) is 95.9 Å². The van der Waals surface area contributed by atoms with Crippen molar-refractivity contribution in [1.29, 1.82) is 0 Å². The highest BCUT2D eigenvalue weighted by molar-refractivity contribution is 8.00. The molecule has 5 aromatic rings. The van der Waals surface area contributed by atoms with Gasteiger partial charge in [-0.25, -0.2) is 4.98 Å². The van der Waals surface area contributed by atoms with Crippen molar-refractivity contribution in [3.63, 3.8) is 0 Å². The van der Waals surface area contributed by atoms with Crippen LogP contribution in [0.3, 0.4) is 0 Å². The Morgan fingerprint density at radius 3 is 2.31 bits per heavy atom. The van der Waals surface area contributed by atoms with Crippen LogP contribution in [-0.2, 0) is 19.8 Å². The van der Waals surface area contributed by atoms with E-state index in [-0.39, 0.29) is 17.9 Å². The van der Waals surface area contributed by atoms with Gasteiger partial charge in [-0.05, 0) is 127 Å². The van der Waals surface area contributed by atoms with Crippen molar-refractivity contribution in [3.05, 3.63) is 114 Å². The number of hydrogen-bond donors (Lipinski definition) is 1. The van der Waals surface area contributed by atoms with Gasteiger partial charge in [-0.1, -0.05) is 31.2 Å². The molecule has 0 saturated heterocycles. The molecule has 1 heterocycles. The van der Waals surface area contributed by atoms with Crippen LogP contribution in [-0.4, -0.2) is 36.4 Å². The summed E-state index contributed by atoms with van der Waals surface area (Å²) in [6, 6.07) is 28.5. The molecule has 6 nitrogen and oxygen atoms in total. The molecule has 258 valence electrons. The third-order valence-electron chi connectivity index (χ3n) is 9.91. The molecule has 10 heteroatoms. The van der Waals surface area contributed by atoms with E-state index in [1.54, 1.807) is 19.1 Å². The van der Waals surface area contributed by atoms with Gasteiger partial charge in [0.15, 0.2) is 0 Å². The maximum atomic E-state index is 13.1. The van der Waals surface area contributed by atoms with E-state index in [1.807, 2.05) is 26.1 Å². The number of ether oxygens (including phenoxy) is 2. The minimum atomic E-state index is -4.37. The van der Waals surface area contributed by atoms with Crippen molar-refractivity contribution >= 4 is 28.7 Å². The molecule has 0 bridgehead atoms. The summed E-state index contributed by atoms with van der Waals surface area (Å²) >= 11 is 1.67. The summed E-state index contributed by atoms with van der Waals surface area (Å²) in [7, 11) is 5.77. The van der Waals surface area contributed by atoms with Gasteiger partial charge >= 0.3 is 6.18 Å². The molecule has 4 aromatic carbocycles. The standard InChI is InChI=1S/C39H43F3N4O2S/c1-25-29(24-48-34-16-10-30(11-17-34)39(40,41)42)20-31(43-23-27-6-14-33(47-5)15-7-27)21-36(25)28-8-12-32(13-9-28)46(4)49-35-18-19-38-37(22-35)44-26(2)45(38)3/h6-19,22,25,29,31,36,43H,20-21,23-24H2,1-5H3/t25-,29?,31+,36?/m0/s1. The maximum Gasteiger partial charge on any atom is 0.416 e. The van der Waals surface area contributed by atoms with E-state index in [2.05, 4.69) is 87.7 Å². The molecular weight excluding hydrogens is 646 g/mol. The maximum absolute atomic E-state index is 13.1. The second-order valence-electron chi connectivity index (χ2n) is 13.0. The average molecular weight is 689 g/mol. The van der Waals surface area contributed by atoms with Crippen molar-refractivity contribution in [2.45, 2.75) is 56.3 Å². The Morgan fingerprint density at radius 1 is 0.939 bits per heavy atom. The van der Waals surface area contributed by atoms with Gasteiger partial charge in [0.2, 0.25) is 0 Å². The van der Waals surface area contributed by atoms with Crippen LogP contribution in [0.1, 0.15) is 48.2 Å². The summed E-state index contributed by atoms with van der Waals surface area (Å²) in [5.74, 6) is 3.06. The molecule has 1 aromatic heterocycles. The first-order chi connectivity index (χ1) is 23.5. The van der Waals surface area contributed by atoms with E-state index in [9.17, 15) is 13.2 Å². The molecule has 4 atom stereocenters. The second-order valence-corrected chi connectivity index (χ2v) is 14.2. The Labute approximate surface area is 290 Å². The van der Waals surface area contributed by atoms with Gasteiger partial charge in [0.05, 0.1) is 30.3 Å². The largest absolute Gasteiger partial charge is 0.497 e. The third kappa shape index (κ3) is 8.19. The second kappa shape index (κ2) is 14.8. The van der Waals surface area contributed by atoms with Gasteiger partial charge in [-0.2, -0.15) is 13.2 Å². The molecule has 1 fully saturated rings. The van der Waals surface area contributed by atoms with E-state index in [0.717, 1.165) is 64.7 Å². The van der Waals surface area contributed by atoms with Gasteiger partial charge < -0.3 is 23.7 Å².